The van der Waals surface area contributed by atoms with Crippen molar-refractivity contribution in [3.8, 4) is 0 Å². The number of rotatable bonds is 5. The molecule has 14 heavy (non-hydrogen) atoms. The van der Waals surface area contributed by atoms with Crippen molar-refractivity contribution in [1.29, 1.82) is 0 Å². The Labute approximate surface area is 84.0 Å². The zero-order chi connectivity index (χ0) is 10.4. The lowest BCUT2D eigenvalue weighted by atomic mass is 10.2. The van der Waals surface area contributed by atoms with Crippen LogP contribution in [0.15, 0.2) is 12.4 Å². The van der Waals surface area contributed by atoms with Crippen LogP contribution in [0.25, 0.3) is 0 Å². The molecule has 1 aromatic heterocycles. The van der Waals surface area contributed by atoms with E-state index in [0.29, 0.717) is 12.4 Å². The summed E-state index contributed by atoms with van der Waals surface area (Å²) in [4.78, 5) is 8.29. The third-order valence-electron chi connectivity index (χ3n) is 1.93. The van der Waals surface area contributed by atoms with E-state index in [-0.39, 0.29) is 12.7 Å². The predicted molar refractivity (Wildman–Crippen MR) is 52.6 cm³/mol. The van der Waals surface area contributed by atoms with Gasteiger partial charge in [-0.15, -0.1) is 0 Å². The van der Waals surface area contributed by atoms with E-state index >= 15 is 0 Å². The van der Waals surface area contributed by atoms with Crippen LogP contribution in [0.2, 0.25) is 0 Å². The van der Waals surface area contributed by atoms with Gasteiger partial charge in [-0.05, 0) is 13.3 Å². The molecular formula is C10H16N2O2. The Hall–Kier alpha value is -1.00. The standard InChI is InChI=1S/C10H16N2O2/c1-3-9(14-4-2)10-11-5-8(7-13)6-12-10/h5-6,9,13H,3-4,7H2,1-2H3. The number of ether oxygens (including phenoxy) is 1. The molecule has 0 aromatic carbocycles. The highest BCUT2D eigenvalue weighted by Gasteiger charge is 2.11. The molecule has 1 heterocycles. The molecule has 0 fully saturated rings. The van der Waals surface area contributed by atoms with Crippen molar-refractivity contribution in [3.63, 3.8) is 0 Å². The SMILES string of the molecule is CCOC(CC)c1ncc(CO)cn1. The van der Waals surface area contributed by atoms with Crippen LogP contribution in [0.5, 0.6) is 0 Å². The Morgan fingerprint density at radius 2 is 2.00 bits per heavy atom. The van der Waals surface area contributed by atoms with E-state index in [1.54, 1.807) is 12.4 Å². The number of aromatic nitrogens is 2. The monoisotopic (exact) mass is 196 g/mol. The van der Waals surface area contributed by atoms with Gasteiger partial charge in [-0.2, -0.15) is 0 Å². The second-order valence-electron chi connectivity index (χ2n) is 2.96. The lowest BCUT2D eigenvalue weighted by molar-refractivity contribution is 0.0534. The minimum atomic E-state index is -0.0345. The number of hydrogen-bond acceptors (Lipinski definition) is 4. The fourth-order valence-electron chi connectivity index (χ4n) is 1.19. The van der Waals surface area contributed by atoms with Crippen molar-refractivity contribution in [2.45, 2.75) is 33.0 Å². The lowest BCUT2D eigenvalue weighted by Gasteiger charge is -2.12. The van der Waals surface area contributed by atoms with Crippen LogP contribution in [-0.4, -0.2) is 21.7 Å². The first-order chi connectivity index (χ1) is 6.81. The van der Waals surface area contributed by atoms with Gasteiger partial charge in [0.05, 0.1) is 6.61 Å². The molecule has 0 saturated heterocycles. The summed E-state index contributed by atoms with van der Waals surface area (Å²) in [6.07, 6.45) is 4.08. The van der Waals surface area contributed by atoms with Crippen LogP contribution >= 0.6 is 0 Å². The van der Waals surface area contributed by atoms with Gasteiger partial charge in [-0.3, -0.25) is 0 Å². The fraction of sp³-hybridized carbons (Fsp3) is 0.600. The predicted octanol–water partition coefficient (Wildman–Crippen LogP) is 1.46. The molecule has 1 rings (SSSR count). The molecule has 0 aliphatic heterocycles. The van der Waals surface area contributed by atoms with E-state index in [1.165, 1.54) is 0 Å². The first kappa shape index (κ1) is 11.1. The van der Waals surface area contributed by atoms with Crippen molar-refractivity contribution >= 4 is 0 Å². The molecule has 1 N–H and O–H groups in total. The van der Waals surface area contributed by atoms with Crippen molar-refractivity contribution in [2.24, 2.45) is 0 Å². The van der Waals surface area contributed by atoms with Gasteiger partial charge in [0, 0.05) is 24.6 Å². The van der Waals surface area contributed by atoms with Gasteiger partial charge < -0.3 is 9.84 Å². The molecule has 0 saturated carbocycles. The van der Waals surface area contributed by atoms with E-state index in [1.807, 2.05) is 13.8 Å². The zero-order valence-electron chi connectivity index (χ0n) is 8.60. The first-order valence-corrected chi connectivity index (χ1v) is 4.85. The van der Waals surface area contributed by atoms with Gasteiger partial charge in [0.1, 0.15) is 6.10 Å². The Kier molecular flexibility index (Phi) is 4.49. The molecule has 1 atom stereocenters. The maximum absolute atomic E-state index is 8.82. The van der Waals surface area contributed by atoms with E-state index < -0.39 is 0 Å². The average molecular weight is 196 g/mol. The van der Waals surface area contributed by atoms with Gasteiger partial charge in [0.25, 0.3) is 0 Å². The van der Waals surface area contributed by atoms with Crippen LogP contribution in [0.4, 0.5) is 0 Å². The summed E-state index contributed by atoms with van der Waals surface area (Å²) in [5.74, 6) is 0.687. The minimum Gasteiger partial charge on any atom is -0.392 e. The van der Waals surface area contributed by atoms with Crippen LogP contribution in [0.3, 0.4) is 0 Å². The molecule has 0 radical (unpaired) electrons. The molecular weight excluding hydrogens is 180 g/mol. The van der Waals surface area contributed by atoms with Crippen LogP contribution in [0, 0.1) is 0 Å². The van der Waals surface area contributed by atoms with E-state index in [0.717, 1.165) is 12.0 Å². The summed E-state index contributed by atoms with van der Waals surface area (Å²) in [6.45, 7) is 4.61. The van der Waals surface area contributed by atoms with Crippen molar-refractivity contribution in [1.82, 2.24) is 9.97 Å². The van der Waals surface area contributed by atoms with Gasteiger partial charge in [-0.25, -0.2) is 9.97 Å². The maximum Gasteiger partial charge on any atom is 0.157 e. The van der Waals surface area contributed by atoms with Gasteiger partial charge in [-0.1, -0.05) is 6.92 Å². The molecule has 78 valence electrons. The third kappa shape index (κ3) is 2.75. The molecule has 4 nitrogen and oxygen atoms in total. The molecule has 1 unspecified atom stereocenters. The summed E-state index contributed by atoms with van der Waals surface area (Å²) in [5.41, 5.74) is 0.722. The number of aliphatic hydroxyl groups excluding tert-OH is 1. The summed E-state index contributed by atoms with van der Waals surface area (Å²) >= 11 is 0. The quantitative estimate of drug-likeness (QED) is 0.774. The Balaban J connectivity index is 2.73. The van der Waals surface area contributed by atoms with Gasteiger partial charge in [0.15, 0.2) is 5.82 Å². The largest absolute Gasteiger partial charge is 0.392 e. The molecule has 4 heteroatoms. The van der Waals surface area contributed by atoms with E-state index in [4.69, 9.17) is 9.84 Å². The maximum atomic E-state index is 8.82. The van der Waals surface area contributed by atoms with Gasteiger partial charge in [0.2, 0.25) is 0 Å². The van der Waals surface area contributed by atoms with Crippen molar-refractivity contribution in [3.05, 3.63) is 23.8 Å². The molecule has 0 aliphatic carbocycles. The summed E-state index contributed by atoms with van der Waals surface area (Å²) < 4.78 is 5.46. The third-order valence-corrected chi connectivity index (χ3v) is 1.93. The van der Waals surface area contributed by atoms with Crippen LogP contribution < -0.4 is 0 Å². The van der Waals surface area contributed by atoms with Crippen molar-refractivity contribution in [2.75, 3.05) is 6.61 Å². The van der Waals surface area contributed by atoms with Gasteiger partial charge >= 0.3 is 0 Å². The smallest absolute Gasteiger partial charge is 0.157 e. The summed E-state index contributed by atoms with van der Waals surface area (Å²) in [6, 6.07) is 0. The molecule has 0 amide bonds. The summed E-state index contributed by atoms with van der Waals surface area (Å²) in [7, 11) is 0. The Bertz CT molecular complexity index is 261. The van der Waals surface area contributed by atoms with Crippen LogP contribution in [-0.2, 0) is 11.3 Å². The number of nitrogens with zero attached hydrogens (tertiary/aromatic N) is 2. The molecule has 1 aromatic rings. The van der Waals surface area contributed by atoms with Crippen LogP contribution in [0.1, 0.15) is 37.8 Å². The molecule has 0 bridgehead atoms. The highest BCUT2D eigenvalue weighted by atomic mass is 16.5. The second kappa shape index (κ2) is 5.67. The molecule has 0 spiro atoms. The highest BCUT2D eigenvalue weighted by molar-refractivity contribution is 5.04. The lowest BCUT2D eigenvalue weighted by Crippen LogP contribution is -2.08. The topological polar surface area (TPSA) is 55.2 Å². The fourth-order valence-corrected chi connectivity index (χ4v) is 1.19. The number of aliphatic hydroxyl groups is 1. The second-order valence-corrected chi connectivity index (χ2v) is 2.96. The average Bonchev–Trinajstić information content (AvgIpc) is 2.26. The normalized spacial score (nSPS) is 12.8. The zero-order valence-corrected chi connectivity index (χ0v) is 8.60. The van der Waals surface area contributed by atoms with E-state index in [2.05, 4.69) is 9.97 Å². The van der Waals surface area contributed by atoms with E-state index in [9.17, 15) is 0 Å². The molecule has 0 aliphatic rings. The number of hydrogen-bond donors (Lipinski definition) is 1. The first-order valence-electron chi connectivity index (χ1n) is 4.85. The summed E-state index contributed by atoms with van der Waals surface area (Å²) in [5, 5.41) is 8.82. The highest BCUT2D eigenvalue weighted by Crippen LogP contribution is 2.16. The minimum absolute atomic E-state index is 0.0221. The van der Waals surface area contributed by atoms with Crippen molar-refractivity contribution < 1.29 is 9.84 Å². The Morgan fingerprint density at radius 3 is 2.43 bits per heavy atom. The Morgan fingerprint density at radius 1 is 1.36 bits per heavy atom.